The van der Waals surface area contributed by atoms with Crippen LogP contribution in [0.3, 0.4) is 0 Å². The number of urea groups is 1. The van der Waals surface area contributed by atoms with Crippen molar-refractivity contribution < 1.29 is 14.7 Å². The van der Waals surface area contributed by atoms with Gasteiger partial charge < -0.3 is 14.9 Å². The number of amides is 2. The maximum absolute atomic E-state index is 12.1. The summed E-state index contributed by atoms with van der Waals surface area (Å²) in [5.74, 6) is 1.35. The molecule has 0 aliphatic carbocycles. The number of hydrogen-bond donors (Lipinski definition) is 1. The number of terminal acetylenes is 1. The topological polar surface area (TPSA) is 60.9 Å². The van der Waals surface area contributed by atoms with Crippen molar-refractivity contribution >= 4 is 12.0 Å². The normalized spacial score (nSPS) is 10.5. The van der Waals surface area contributed by atoms with E-state index >= 15 is 0 Å². The van der Waals surface area contributed by atoms with Crippen LogP contribution in [-0.4, -0.2) is 52.6 Å². The summed E-state index contributed by atoms with van der Waals surface area (Å²) in [6, 6.07) is -0.364. The van der Waals surface area contributed by atoms with Gasteiger partial charge in [-0.1, -0.05) is 12.8 Å². The third kappa shape index (κ3) is 3.66. The smallest absolute Gasteiger partial charge is 0.329 e. The minimum absolute atomic E-state index is 0.187. The number of nitrogens with zero attached hydrogens (tertiary/aromatic N) is 2. The van der Waals surface area contributed by atoms with Gasteiger partial charge in [0.25, 0.3) is 0 Å². The molecule has 0 radical (unpaired) electrons. The monoisotopic (exact) mass is 240 g/mol. The summed E-state index contributed by atoms with van der Waals surface area (Å²) in [6.45, 7) is 5.59. The lowest BCUT2D eigenvalue weighted by atomic mass is 10.0. The fraction of sp³-hybridized carbons (Fsp3) is 0.667. The molecule has 0 fully saturated rings. The zero-order chi connectivity index (χ0) is 13.6. The summed E-state index contributed by atoms with van der Waals surface area (Å²) >= 11 is 0. The van der Waals surface area contributed by atoms with Crippen LogP contribution >= 0.6 is 0 Å². The Morgan fingerprint density at radius 3 is 2.29 bits per heavy atom. The summed E-state index contributed by atoms with van der Waals surface area (Å²) in [5.41, 5.74) is -1.25. The van der Waals surface area contributed by atoms with Crippen molar-refractivity contribution in [2.24, 2.45) is 0 Å². The average molecular weight is 240 g/mol. The number of rotatable bonds is 5. The van der Waals surface area contributed by atoms with E-state index < -0.39 is 11.5 Å². The van der Waals surface area contributed by atoms with Crippen LogP contribution in [0.5, 0.6) is 0 Å². The molecule has 0 saturated heterocycles. The van der Waals surface area contributed by atoms with E-state index in [2.05, 4.69) is 5.92 Å². The molecule has 0 aromatic rings. The van der Waals surface area contributed by atoms with E-state index in [9.17, 15) is 9.59 Å². The van der Waals surface area contributed by atoms with Crippen LogP contribution in [0.1, 0.15) is 27.2 Å². The molecule has 5 nitrogen and oxygen atoms in total. The minimum Gasteiger partial charge on any atom is -0.480 e. The van der Waals surface area contributed by atoms with E-state index in [1.165, 1.54) is 30.7 Å². The Kier molecular flexibility index (Phi) is 5.52. The lowest BCUT2D eigenvalue weighted by molar-refractivity contribution is -0.147. The SMILES string of the molecule is C#CCN(CCC)C(=O)N(C)C(C)(C)C(=O)O. The minimum atomic E-state index is -1.25. The maximum Gasteiger partial charge on any atom is 0.329 e. The first kappa shape index (κ1) is 15.3. The predicted octanol–water partition coefficient (Wildman–Crippen LogP) is 1.25. The van der Waals surface area contributed by atoms with Crippen molar-refractivity contribution in [3.63, 3.8) is 0 Å². The summed E-state index contributed by atoms with van der Waals surface area (Å²) in [4.78, 5) is 25.8. The van der Waals surface area contributed by atoms with Crippen LogP contribution in [0.15, 0.2) is 0 Å². The van der Waals surface area contributed by atoms with Gasteiger partial charge >= 0.3 is 12.0 Å². The Hall–Kier alpha value is -1.70. The van der Waals surface area contributed by atoms with E-state index in [4.69, 9.17) is 11.5 Å². The standard InChI is InChI=1S/C12H20N2O3/c1-6-8-14(9-7-2)11(17)13(5)12(3,4)10(15)16/h1H,7-9H2,2-5H3,(H,15,16). The molecular weight excluding hydrogens is 220 g/mol. The third-order valence-electron chi connectivity index (χ3n) is 2.70. The number of aliphatic carboxylic acids is 1. The highest BCUT2D eigenvalue weighted by Crippen LogP contribution is 2.14. The van der Waals surface area contributed by atoms with Gasteiger partial charge in [-0.2, -0.15) is 0 Å². The van der Waals surface area contributed by atoms with E-state index in [-0.39, 0.29) is 12.6 Å². The van der Waals surface area contributed by atoms with Gasteiger partial charge in [0.2, 0.25) is 0 Å². The highest BCUT2D eigenvalue weighted by molar-refractivity contribution is 5.85. The molecule has 2 amide bonds. The molecule has 0 rings (SSSR count). The van der Waals surface area contributed by atoms with Crippen LogP contribution in [0.4, 0.5) is 4.79 Å². The first-order valence-electron chi connectivity index (χ1n) is 5.48. The summed E-state index contributed by atoms with van der Waals surface area (Å²) in [5, 5.41) is 9.05. The average Bonchev–Trinajstić information content (AvgIpc) is 2.26. The van der Waals surface area contributed by atoms with Gasteiger partial charge in [0, 0.05) is 13.6 Å². The van der Waals surface area contributed by atoms with Crippen molar-refractivity contribution in [3.8, 4) is 12.3 Å². The second-order valence-electron chi connectivity index (χ2n) is 4.33. The Bertz CT molecular complexity index is 331. The molecule has 0 atom stereocenters. The van der Waals surface area contributed by atoms with Crippen molar-refractivity contribution in [2.45, 2.75) is 32.7 Å². The second kappa shape index (κ2) is 6.14. The molecular formula is C12H20N2O3. The zero-order valence-electron chi connectivity index (χ0n) is 10.9. The van der Waals surface area contributed by atoms with E-state index in [0.29, 0.717) is 6.54 Å². The molecule has 0 aliphatic rings. The molecule has 0 aromatic heterocycles. The van der Waals surface area contributed by atoms with Gasteiger partial charge in [0.15, 0.2) is 0 Å². The maximum atomic E-state index is 12.1. The Labute approximate surface area is 102 Å². The number of carboxylic acids is 1. The van der Waals surface area contributed by atoms with Crippen molar-refractivity contribution in [3.05, 3.63) is 0 Å². The highest BCUT2D eigenvalue weighted by atomic mass is 16.4. The first-order valence-corrected chi connectivity index (χ1v) is 5.48. The van der Waals surface area contributed by atoms with Gasteiger partial charge in [-0.05, 0) is 20.3 Å². The number of hydrogen-bond acceptors (Lipinski definition) is 2. The zero-order valence-corrected chi connectivity index (χ0v) is 10.9. The number of carbonyl (C=O) groups excluding carboxylic acids is 1. The fourth-order valence-corrected chi connectivity index (χ4v) is 1.22. The highest BCUT2D eigenvalue weighted by Gasteiger charge is 2.36. The molecule has 0 spiro atoms. The van der Waals surface area contributed by atoms with Gasteiger partial charge in [-0.25, -0.2) is 9.59 Å². The van der Waals surface area contributed by atoms with Gasteiger partial charge in [0.05, 0.1) is 6.54 Å². The number of likely N-dealkylation sites (N-methyl/N-ethyl adjacent to an activating group) is 1. The van der Waals surface area contributed by atoms with Crippen LogP contribution in [0, 0.1) is 12.3 Å². The van der Waals surface area contributed by atoms with Gasteiger partial charge in [-0.3, -0.25) is 0 Å². The molecule has 1 N–H and O–H groups in total. The third-order valence-corrected chi connectivity index (χ3v) is 2.70. The summed E-state index contributed by atoms with van der Waals surface area (Å²) < 4.78 is 0. The van der Waals surface area contributed by atoms with Crippen LogP contribution < -0.4 is 0 Å². The van der Waals surface area contributed by atoms with E-state index in [1.54, 1.807) is 0 Å². The Morgan fingerprint density at radius 1 is 1.41 bits per heavy atom. The molecule has 0 bridgehead atoms. The molecule has 0 saturated carbocycles. The molecule has 5 heteroatoms. The molecule has 0 heterocycles. The van der Waals surface area contributed by atoms with E-state index in [0.717, 1.165) is 6.42 Å². The molecule has 0 unspecified atom stereocenters. The van der Waals surface area contributed by atoms with Crippen LogP contribution in [0.2, 0.25) is 0 Å². The van der Waals surface area contributed by atoms with Crippen molar-refractivity contribution in [2.75, 3.05) is 20.1 Å². The second-order valence-corrected chi connectivity index (χ2v) is 4.33. The molecule has 17 heavy (non-hydrogen) atoms. The lowest BCUT2D eigenvalue weighted by Gasteiger charge is -2.35. The van der Waals surface area contributed by atoms with Crippen molar-refractivity contribution in [1.29, 1.82) is 0 Å². The van der Waals surface area contributed by atoms with Crippen molar-refractivity contribution in [1.82, 2.24) is 9.80 Å². The van der Waals surface area contributed by atoms with E-state index in [1.807, 2.05) is 6.92 Å². The first-order chi connectivity index (χ1) is 7.78. The molecule has 0 aliphatic heterocycles. The molecule has 96 valence electrons. The summed E-state index contributed by atoms with van der Waals surface area (Å²) in [7, 11) is 1.47. The summed E-state index contributed by atoms with van der Waals surface area (Å²) in [6.07, 6.45) is 5.96. The van der Waals surface area contributed by atoms with Gasteiger partial charge in [0.1, 0.15) is 5.54 Å². The largest absolute Gasteiger partial charge is 0.480 e. The lowest BCUT2D eigenvalue weighted by Crippen LogP contribution is -2.55. The number of carbonyl (C=O) groups is 2. The van der Waals surface area contributed by atoms with Gasteiger partial charge in [-0.15, -0.1) is 6.42 Å². The molecule has 0 aromatic carbocycles. The predicted molar refractivity (Wildman–Crippen MR) is 65.6 cm³/mol. The van der Waals surface area contributed by atoms with Crippen LogP contribution in [0.25, 0.3) is 0 Å². The fourth-order valence-electron chi connectivity index (χ4n) is 1.22. The quantitative estimate of drug-likeness (QED) is 0.736. The number of carboxylic acid groups (broad SMARTS) is 1. The Balaban J connectivity index is 4.89. The van der Waals surface area contributed by atoms with Crippen LogP contribution in [-0.2, 0) is 4.79 Å². The Morgan fingerprint density at radius 2 is 1.94 bits per heavy atom.